The van der Waals surface area contributed by atoms with Crippen molar-refractivity contribution in [3.8, 4) is 0 Å². The van der Waals surface area contributed by atoms with Crippen LogP contribution in [0.15, 0.2) is 30.3 Å². The van der Waals surface area contributed by atoms with E-state index in [1.54, 1.807) is 0 Å². The average molecular weight is 374 g/mol. The van der Waals surface area contributed by atoms with E-state index in [2.05, 4.69) is 45.4 Å². The first-order valence-electron chi connectivity index (χ1n) is 8.59. The van der Waals surface area contributed by atoms with Crippen LogP contribution >= 0.6 is 24.8 Å². The van der Waals surface area contributed by atoms with Crippen molar-refractivity contribution in [3.63, 3.8) is 0 Å². The number of hydrogen-bond acceptors (Lipinski definition) is 3. The van der Waals surface area contributed by atoms with Crippen LogP contribution in [0.3, 0.4) is 0 Å². The summed E-state index contributed by atoms with van der Waals surface area (Å²) in [4.78, 5) is 16.8. The van der Waals surface area contributed by atoms with E-state index in [1.807, 2.05) is 0 Å². The molecule has 2 heterocycles. The maximum Gasteiger partial charge on any atom is 0.224 e. The fraction of sp³-hybridized carbons (Fsp3) is 0.611. The highest BCUT2D eigenvalue weighted by Gasteiger charge is 2.24. The number of amides is 1. The van der Waals surface area contributed by atoms with Gasteiger partial charge in [0.1, 0.15) is 0 Å². The van der Waals surface area contributed by atoms with Crippen molar-refractivity contribution in [2.24, 2.45) is 0 Å². The van der Waals surface area contributed by atoms with E-state index in [0.717, 1.165) is 52.1 Å². The van der Waals surface area contributed by atoms with Crippen LogP contribution in [0.5, 0.6) is 0 Å². The Morgan fingerprint density at radius 3 is 2.42 bits per heavy atom. The lowest BCUT2D eigenvalue weighted by Crippen LogP contribution is -2.50. The van der Waals surface area contributed by atoms with Crippen LogP contribution in [0.2, 0.25) is 0 Å². The van der Waals surface area contributed by atoms with Gasteiger partial charge in [-0.05, 0) is 31.4 Å². The van der Waals surface area contributed by atoms with Crippen LogP contribution in [-0.2, 0) is 11.2 Å². The Bertz CT molecular complexity index is 472. The maximum atomic E-state index is 12.3. The van der Waals surface area contributed by atoms with E-state index >= 15 is 0 Å². The first kappa shape index (κ1) is 21.2. The van der Waals surface area contributed by atoms with E-state index in [-0.39, 0.29) is 24.8 Å². The number of carbonyl (C=O) groups is 1. The largest absolute Gasteiger partial charge is 0.340 e. The molecule has 0 bridgehead atoms. The molecule has 136 valence electrons. The van der Waals surface area contributed by atoms with Crippen LogP contribution < -0.4 is 5.32 Å². The van der Waals surface area contributed by atoms with E-state index in [1.165, 1.54) is 12.0 Å². The molecule has 1 aromatic carbocycles. The van der Waals surface area contributed by atoms with Crippen LogP contribution in [0.25, 0.3) is 0 Å². The second kappa shape index (κ2) is 10.9. The smallest absolute Gasteiger partial charge is 0.224 e. The highest BCUT2D eigenvalue weighted by Crippen LogP contribution is 2.12. The zero-order valence-electron chi connectivity index (χ0n) is 14.2. The quantitative estimate of drug-likeness (QED) is 0.860. The molecule has 0 saturated carbocycles. The molecule has 0 radical (unpaired) electrons. The van der Waals surface area contributed by atoms with Crippen molar-refractivity contribution in [2.75, 3.05) is 39.3 Å². The van der Waals surface area contributed by atoms with E-state index in [4.69, 9.17) is 0 Å². The highest BCUT2D eigenvalue weighted by molar-refractivity contribution is 5.85. The predicted octanol–water partition coefficient (Wildman–Crippen LogP) is 2.36. The topological polar surface area (TPSA) is 35.6 Å². The van der Waals surface area contributed by atoms with Gasteiger partial charge in [-0.15, -0.1) is 24.8 Å². The fourth-order valence-corrected chi connectivity index (χ4v) is 3.42. The number of piperazine rings is 1. The van der Waals surface area contributed by atoms with Crippen molar-refractivity contribution in [1.29, 1.82) is 0 Å². The Balaban J connectivity index is 0.00000144. The standard InChI is InChI=1S/C18H27N3O.2ClH/c22-18(15-17-7-4-9-19-17)21-13-11-20(12-14-21)10-8-16-5-2-1-3-6-16;;/h1-3,5-6,17,19H,4,7-15H2;2*1H. The Hall–Kier alpha value is -0.810. The summed E-state index contributed by atoms with van der Waals surface area (Å²) in [6, 6.07) is 11.1. The van der Waals surface area contributed by atoms with Crippen LogP contribution in [0, 0.1) is 0 Å². The lowest BCUT2D eigenvalue weighted by Gasteiger charge is -2.35. The summed E-state index contributed by atoms with van der Waals surface area (Å²) >= 11 is 0. The second-order valence-electron chi connectivity index (χ2n) is 6.46. The van der Waals surface area contributed by atoms with Crippen LogP contribution in [0.1, 0.15) is 24.8 Å². The molecule has 2 aliphatic heterocycles. The lowest BCUT2D eigenvalue weighted by molar-refractivity contribution is -0.133. The Morgan fingerprint density at radius 2 is 1.79 bits per heavy atom. The van der Waals surface area contributed by atoms with Gasteiger partial charge in [-0.1, -0.05) is 30.3 Å². The first-order valence-corrected chi connectivity index (χ1v) is 8.59. The summed E-state index contributed by atoms with van der Waals surface area (Å²) in [5.74, 6) is 0.335. The van der Waals surface area contributed by atoms with Crippen molar-refractivity contribution in [1.82, 2.24) is 15.1 Å². The number of nitrogens with one attached hydrogen (secondary N) is 1. The molecule has 1 N–H and O–H groups in total. The molecular formula is C18H29Cl2N3O. The minimum atomic E-state index is 0. The molecule has 24 heavy (non-hydrogen) atoms. The number of carbonyl (C=O) groups excluding carboxylic acids is 1. The van der Waals surface area contributed by atoms with Crippen LogP contribution in [0.4, 0.5) is 0 Å². The molecule has 1 unspecified atom stereocenters. The molecule has 1 aromatic rings. The molecule has 6 heteroatoms. The van der Waals surface area contributed by atoms with Gasteiger partial charge in [-0.3, -0.25) is 9.69 Å². The molecule has 1 amide bonds. The monoisotopic (exact) mass is 373 g/mol. The van der Waals surface area contributed by atoms with Gasteiger partial charge >= 0.3 is 0 Å². The molecule has 0 aliphatic carbocycles. The minimum Gasteiger partial charge on any atom is -0.340 e. The normalized spacial score (nSPS) is 21.0. The number of benzene rings is 1. The van der Waals surface area contributed by atoms with Crippen molar-refractivity contribution in [3.05, 3.63) is 35.9 Å². The summed E-state index contributed by atoms with van der Waals surface area (Å²) in [5, 5.41) is 3.42. The molecule has 4 nitrogen and oxygen atoms in total. The highest BCUT2D eigenvalue weighted by atomic mass is 35.5. The third-order valence-corrected chi connectivity index (χ3v) is 4.87. The molecule has 3 rings (SSSR count). The minimum absolute atomic E-state index is 0. The Labute approximate surface area is 157 Å². The van der Waals surface area contributed by atoms with Gasteiger partial charge in [0.2, 0.25) is 5.91 Å². The third kappa shape index (κ3) is 6.25. The summed E-state index contributed by atoms with van der Waals surface area (Å²) in [7, 11) is 0. The zero-order chi connectivity index (χ0) is 15.2. The number of hydrogen-bond donors (Lipinski definition) is 1. The zero-order valence-corrected chi connectivity index (χ0v) is 15.8. The van der Waals surface area contributed by atoms with Gasteiger partial charge in [0.25, 0.3) is 0 Å². The average Bonchev–Trinajstić information content (AvgIpc) is 3.07. The van der Waals surface area contributed by atoms with Gasteiger partial charge in [0.15, 0.2) is 0 Å². The van der Waals surface area contributed by atoms with Gasteiger partial charge in [0, 0.05) is 45.2 Å². The van der Waals surface area contributed by atoms with Gasteiger partial charge in [0.05, 0.1) is 0 Å². The van der Waals surface area contributed by atoms with E-state index < -0.39 is 0 Å². The summed E-state index contributed by atoms with van der Waals surface area (Å²) < 4.78 is 0. The summed E-state index contributed by atoms with van der Waals surface area (Å²) in [6.07, 6.45) is 4.15. The maximum absolute atomic E-state index is 12.3. The van der Waals surface area contributed by atoms with Gasteiger partial charge in [-0.25, -0.2) is 0 Å². The molecule has 0 aromatic heterocycles. The Morgan fingerprint density at radius 1 is 1.08 bits per heavy atom. The first-order chi connectivity index (χ1) is 10.8. The molecule has 2 saturated heterocycles. The predicted molar refractivity (Wildman–Crippen MR) is 103 cm³/mol. The van der Waals surface area contributed by atoms with Crippen LogP contribution in [-0.4, -0.2) is 61.0 Å². The summed E-state index contributed by atoms with van der Waals surface area (Å²) in [6.45, 7) is 5.97. The molecule has 2 fully saturated rings. The molecular weight excluding hydrogens is 345 g/mol. The summed E-state index contributed by atoms with van der Waals surface area (Å²) in [5.41, 5.74) is 1.40. The molecule has 1 atom stereocenters. The molecule has 2 aliphatic rings. The third-order valence-electron chi connectivity index (χ3n) is 4.87. The van der Waals surface area contributed by atoms with Crippen molar-refractivity contribution >= 4 is 30.7 Å². The number of nitrogens with zero attached hydrogens (tertiary/aromatic N) is 2. The van der Waals surface area contributed by atoms with Gasteiger partial charge < -0.3 is 10.2 Å². The Kier molecular flexibility index (Phi) is 9.67. The van der Waals surface area contributed by atoms with Gasteiger partial charge in [-0.2, -0.15) is 0 Å². The number of rotatable bonds is 5. The fourth-order valence-electron chi connectivity index (χ4n) is 3.42. The van der Waals surface area contributed by atoms with E-state index in [9.17, 15) is 4.79 Å². The SMILES string of the molecule is Cl.Cl.O=C(CC1CCCN1)N1CCN(CCc2ccccc2)CC1. The van der Waals surface area contributed by atoms with E-state index in [0.29, 0.717) is 18.4 Å². The second-order valence-corrected chi connectivity index (χ2v) is 6.46. The number of halogens is 2. The van der Waals surface area contributed by atoms with Crippen molar-refractivity contribution < 1.29 is 4.79 Å². The molecule has 0 spiro atoms. The van der Waals surface area contributed by atoms with Crippen molar-refractivity contribution in [2.45, 2.75) is 31.7 Å². The lowest BCUT2D eigenvalue weighted by atomic mass is 10.1.